The van der Waals surface area contributed by atoms with Gasteiger partial charge in [0, 0.05) is 18.9 Å². The minimum atomic E-state index is -0.451. The Balaban J connectivity index is 2.59. The zero-order valence-electron chi connectivity index (χ0n) is 8.29. The molecule has 0 aliphatic heterocycles. The highest BCUT2D eigenvalue weighted by Gasteiger charge is 2.05. The second-order valence-electron chi connectivity index (χ2n) is 3.05. The third-order valence-corrected chi connectivity index (χ3v) is 1.83. The van der Waals surface area contributed by atoms with E-state index in [2.05, 4.69) is 0 Å². The van der Waals surface area contributed by atoms with E-state index in [0.717, 1.165) is 0 Å². The van der Waals surface area contributed by atoms with Gasteiger partial charge >= 0.3 is 0 Å². The lowest BCUT2D eigenvalue weighted by atomic mass is 10.3. The highest BCUT2D eigenvalue weighted by Crippen LogP contribution is 2.19. The molecule has 1 unspecified atom stereocenters. The Morgan fingerprint density at radius 2 is 2.21 bits per heavy atom. The maximum atomic E-state index is 13.2. The normalized spacial score (nSPS) is 12.5. The van der Waals surface area contributed by atoms with Crippen molar-refractivity contribution in [1.29, 1.82) is 0 Å². The van der Waals surface area contributed by atoms with Gasteiger partial charge in [0.2, 0.25) is 0 Å². The van der Waals surface area contributed by atoms with Crippen molar-refractivity contribution in [2.75, 3.05) is 19.5 Å². The van der Waals surface area contributed by atoms with Crippen molar-refractivity contribution in [2.45, 2.75) is 13.0 Å². The fraction of sp³-hybridized carbons (Fsp3) is 0.400. The van der Waals surface area contributed by atoms with Crippen LogP contribution < -0.4 is 10.5 Å². The molecule has 0 heterocycles. The molecule has 0 fully saturated rings. The van der Waals surface area contributed by atoms with Gasteiger partial charge in [-0.3, -0.25) is 0 Å². The van der Waals surface area contributed by atoms with E-state index in [1.54, 1.807) is 13.2 Å². The summed E-state index contributed by atoms with van der Waals surface area (Å²) in [7, 11) is 1.58. The molecular formula is C10H14FNO2. The lowest BCUT2D eigenvalue weighted by molar-refractivity contribution is 0.0702. The summed E-state index contributed by atoms with van der Waals surface area (Å²) in [5.74, 6) is -0.253. The second-order valence-corrected chi connectivity index (χ2v) is 3.05. The minimum Gasteiger partial charge on any atom is -0.488 e. The van der Waals surface area contributed by atoms with E-state index in [4.69, 9.17) is 15.2 Å². The van der Waals surface area contributed by atoms with Gasteiger partial charge in [-0.1, -0.05) is 0 Å². The van der Waals surface area contributed by atoms with Crippen molar-refractivity contribution in [1.82, 2.24) is 0 Å². The summed E-state index contributed by atoms with van der Waals surface area (Å²) in [6, 6.07) is 4.33. The van der Waals surface area contributed by atoms with Gasteiger partial charge < -0.3 is 15.2 Å². The molecule has 0 saturated heterocycles. The van der Waals surface area contributed by atoms with E-state index in [1.165, 1.54) is 12.1 Å². The van der Waals surface area contributed by atoms with Crippen LogP contribution in [0.1, 0.15) is 6.92 Å². The summed E-state index contributed by atoms with van der Waals surface area (Å²) in [4.78, 5) is 0. The Kier molecular flexibility index (Phi) is 3.71. The number of nitrogen functional groups attached to an aromatic ring is 1. The maximum absolute atomic E-state index is 13.2. The first-order chi connectivity index (χ1) is 6.63. The van der Waals surface area contributed by atoms with Gasteiger partial charge in [-0.2, -0.15) is 0 Å². The fourth-order valence-corrected chi connectivity index (χ4v) is 0.909. The average Bonchev–Trinajstić information content (AvgIpc) is 2.16. The Bertz CT molecular complexity index is 304. The lowest BCUT2D eigenvalue weighted by Crippen LogP contribution is -2.16. The molecule has 1 atom stereocenters. The van der Waals surface area contributed by atoms with Gasteiger partial charge in [-0.05, 0) is 19.1 Å². The highest BCUT2D eigenvalue weighted by atomic mass is 19.1. The number of methoxy groups -OCH3 is 1. The van der Waals surface area contributed by atoms with Crippen LogP contribution in [-0.2, 0) is 4.74 Å². The van der Waals surface area contributed by atoms with Crippen molar-refractivity contribution in [2.24, 2.45) is 0 Å². The van der Waals surface area contributed by atoms with Gasteiger partial charge in [-0.25, -0.2) is 4.39 Å². The molecule has 1 aromatic rings. The zero-order valence-corrected chi connectivity index (χ0v) is 8.29. The Hall–Kier alpha value is -1.29. The van der Waals surface area contributed by atoms with E-state index >= 15 is 0 Å². The Morgan fingerprint density at radius 1 is 1.50 bits per heavy atom. The number of benzene rings is 1. The van der Waals surface area contributed by atoms with Crippen LogP contribution in [0.5, 0.6) is 5.75 Å². The maximum Gasteiger partial charge on any atom is 0.167 e. The van der Waals surface area contributed by atoms with Crippen molar-refractivity contribution in [3.8, 4) is 5.75 Å². The first-order valence-electron chi connectivity index (χ1n) is 4.34. The third-order valence-electron chi connectivity index (χ3n) is 1.83. The molecule has 0 spiro atoms. The van der Waals surface area contributed by atoms with Crippen molar-refractivity contribution < 1.29 is 13.9 Å². The first kappa shape index (κ1) is 10.8. The molecule has 1 rings (SSSR count). The number of anilines is 1. The molecule has 0 bridgehead atoms. The van der Waals surface area contributed by atoms with Crippen LogP contribution in [0.25, 0.3) is 0 Å². The number of ether oxygens (including phenoxy) is 2. The topological polar surface area (TPSA) is 44.5 Å². The predicted molar refractivity (Wildman–Crippen MR) is 52.8 cm³/mol. The molecule has 0 aliphatic rings. The van der Waals surface area contributed by atoms with E-state index in [1.807, 2.05) is 6.92 Å². The summed E-state index contributed by atoms with van der Waals surface area (Å²) in [5.41, 5.74) is 5.77. The van der Waals surface area contributed by atoms with Crippen molar-refractivity contribution in [3.05, 3.63) is 24.0 Å². The predicted octanol–water partition coefficient (Wildman–Crippen LogP) is 1.82. The molecule has 4 heteroatoms. The number of hydrogen-bond acceptors (Lipinski definition) is 3. The minimum absolute atomic E-state index is 0.0630. The van der Waals surface area contributed by atoms with Crippen LogP contribution in [0.2, 0.25) is 0 Å². The SMILES string of the molecule is COC(C)COc1ccc(N)cc1F. The van der Waals surface area contributed by atoms with E-state index < -0.39 is 5.82 Å². The molecule has 14 heavy (non-hydrogen) atoms. The van der Waals surface area contributed by atoms with Crippen LogP contribution >= 0.6 is 0 Å². The van der Waals surface area contributed by atoms with Crippen molar-refractivity contribution in [3.63, 3.8) is 0 Å². The van der Waals surface area contributed by atoms with Gasteiger partial charge in [0.15, 0.2) is 11.6 Å². The molecule has 3 nitrogen and oxygen atoms in total. The summed E-state index contributed by atoms with van der Waals surface area (Å²) >= 11 is 0. The van der Waals surface area contributed by atoms with Crippen LogP contribution in [0.15, 0.2) is 18.2 Å². The largest absolute Gasteiger partial charge is 0.488 e. The van der Waals surface area contributed by atoms with E-state index in [9.17, 15) is 4.39 Å². The molecule has 0 aromatic heterocycles. The quantitative estimate of drug-likeness (QED) is 0.752. The molecule has 0 radical (unpaired) electrons. The molecule has 78 valence electrons. The molecule has 2 N–H and O–H groups in total. The van der Waals surface area contributed by atoms with E-state index in [0.29, 0.717) is 12.3 Å². The average molecular weight is 199 g/mol. The monoisotopic (exact) mass is 199 g/mol. The fourth-order valence-electron chi connectivity index (χ4n) is 0.909. The Labute approximate surface area is 82.6 Å². The zero-order chi connectivity index (χ0) is 10.6. The molecule has 0 saturated carbocycles. The van der Waals surface area contributed by atoms with Crippen molar-refractivity contribution >= 4 is 5.69 Å². The summed E-state index contributed by atoms with van der Waals surface area (Å²) in [6.45, 7) is 2.16. The first-order valence-corrected chi connectivity index (χ1v) is 4.34. The van der Waals surface area contributed by atoms with Gasteiger partial charge in [0.05, 0.1) is 6.10 Å². The van der Waals surface area contributed by atoms with Crippen LogP contribution in [-0.4, -0.2) is 19.8 Å². The summed E-state index contributed by atoms with van der Waals surface area (Å²) in [5, 5.41) is 0. The second kappa shape index (κ2) is 4.81. The highest BCUT2D eigenvalue weighted by molar-refractivity contribution is 5.42. The number of halogens is 1. The Morgan fingerprint density at radius 3 is 2.79 bits per heavy atom. The molecule has 0 amide bonds. The van der Waals surface area contributed by atoms with Gasteiger partial charge in [0.1, 0.15) is 6.61 Å². The lowest BCUT2D eigenvalue weighted by Gasteiger charge is -2.11. The van der Waals surface area contributed by atoms with Crippen LogP contribution in [0.4, 0.5) is 10.1 Å². The molecule has 1 aromatic carbocycles. The van der Waals surface area contributed by atoms with Gasteiger partial charge in [0.25, 0.3) is 0 Å². The van der Waals surface area contributed by atoms with Crippen LogP contribution in [0, 0.1) is 5.82 Å². The number of nitrogens with two attached hydrogens (primary N) is 1. The third kappa shape index (κ3) is 2.88. The standard InChI is InChI=1S/C10H14FNO2/c1-7(13-2)6-14-10-4-3-8(12)5-9(10)11/h3-5,7H,6,12H2,1-2H3. The molecular weight excluding hydrogens is 185 g/mol. The number of rotatable bonds is 4. The van der Waals surface area contributed by atoms with E-state index in [-0.39, 0.29) is 11.9 Å². The summed E-state index contributed by atoms with van der Waals surface area (Å²) in [6.07, 6.45) is -0.0630. The van der Waals surface area contributed by atoms with Crippen LogP contribution in [0.3, 0.4) is 0 Å². The summed E-state index contributed by atoms with van der Waals surface area (Å²) < 4.78 is 23.3. The number of hydrogen-bond donors (Lipinski definition) is 1. The smallest absolute Gasteiger partial charge is 0.167 e. The molecule has 0 aliphatic carbocycles. The van der Waals surface area contributed by atoms with Gasteiger partial charge in [-0.15, -0.1) is 0 Å².